The number of urea groups is 1. The SMILES string of the molecule is C=CCNC(=O)NS(=O)(=O)c1ccccc1Cl. The van der Waals surface area contributed by atoms with Gasteiger partial charge in [0.25, 0.3) is 10.0 Å². The van der Waals surface area contributed by atoms with Crippen LogP contribution in [0.1, 0.15) is 0 Å². The van der Waals surface area contributed by atoms with E-state index in [1.54, 1.807) is 6.07 Å². The van der Waals surface area contributed by atoms with Crippen molar-refractivity contribution in [1.82, 2.24) is 10.0 Å². The lowest BCUT2D eigenvalue weighted by Crippen LogP contribution is -2.39. The summed E-state index contributed by atoms with van der Waals surface area (Å²) >= 11 is 5.73. The van der Waals surface area contributed by atoms with Crippen LogP contribution in [0.2, 0.25) is 5.02 Å². The minimum atomic E-state index is -3.95. The predicted molar refractivity (Wildman–Crippen MR) is 65.4 cm³/mol. The molecule has 92 valence electrons. The van der Waals surface area contributed by atoms with E-state index in [1.807, 2.05) is 4.72 Å². The molecule has 1 aromatic rings. The van der Waals surface area contributed by atoms with Crippen molar-refractivity contribution < 1.29 is 13.2 Å². The van der Waals surface area contributed by atoms with Crippen LogP contribution in [0, 0.1) is 0 Å². The lowest BCUT2D eigenvalue weighted by Gasteiger charge is -2.08. The molecule has 0 radical (unpaired) electrons. The van der Waals surface area contributed by atoms with Gasteiger partial charge in [-0.1, -0.05) is 29.8 Å². The topological polar surface area (TPSA) is 75.3 Å². The Kier molecular flexibility index (Phi) is 4.53. The fraction of sp³-hybridized carbons (Fsp3) is 0.100. The average Bonchev–Trinajstić information content (AvgIpc) is 2.26. The zero-order valence-corrected chi connectivity index (χ0v) is 10.4. The van der Waals surface area contributed by atoms with E-state index in [9.17, 15) is 13.2 Å². The molecule has 1 aromatic carbocycles. The number of carbonyl (C=O) groups excluding carboxylic acids is 1. The van der Waals surface area contributed by atoms with Crippen molar-refractivity contribution in [3.8, 4) is 0 Å². The van der Waals surface area contributed by atoms with Crippen LogP contribution >= 0.6 is 11.6 Å². The highest BCUT2D eigenvalue weighted by Crippen LogP contribution is 2.19. The van der Waals surface area contributed by atoms with E-state index in [2.05, 4.69) is 11.9 Å². The smallest absolute Gasteiger partial charge is 0.328 e. The molecule has 5 nitrogen and oxygen atoms in total. The Balaban J connectivity index is 2.86. The first-order chi connectivity index (χ1) is 7.97. The number of sulfonamides is 1. The summed E-state index contributed by atoms with van der Waals surface area (Å²) in [5, 5.41) is 2.34. The molecule has 0 bridgehead atoms. The van der Waals surface area contributed by atoms with Gasteiger partial charge >= 0.3 is 6.03 Å². The highest BCUT2D eigenvalue weighted by molar-refractivity contribution is 7.90. The summed E-state index contributed by atoms with van der Waals surface area (Å²) in [4.78, 5) is 11.1. The van der Waals surface area contributed by atoms with E-state index in [1.165, 1.54) is 24.3 Å². The summed E-state index contributed by atoms with van der Waals surface area (Å²) in [7, 11) is -3.95. The van der Waals surface area contributed by atoms with E-state index >= 15 is 0 Å². The molecule has 0 atom stereocenters. The van der Waals surface area contributed by atoms with Crippen LogP contribution in [-0.2, 0) is 10.0 Å². The van der Waals surface area contributed by atoms with E-state index < -0.39 is 16.1 Å². The van der Waals surface area contributed by atoms with Crippen molar-refractivity contribution in [2.75, 3.05) is 6.54 Å². The number of benzene rings is 1. The van der Waals surface area contributed by atoms with Gasteiger partial charge in [0, 0.05) is 6.54 Å². The van der Waals surface area contributed by atoms with Crippen molar-refractivity contribution in [3.63, 3.8) is 0 Å². The molecule has 0 heterocycles. The van der Waals surface area contributed by atoms with E-state index in [-0.39, 0.29) is 16.5 Å². The minimum Gasteiger partial charge on any atom is -0.334 e. The summed E-state index contributed by atoms with van der Waals surface area (Å²) < 4.78 is 25.3. The van der Waals surface area contributed by atoms with E-state index in [0.717, 1.165) is 0 Å². The Morgan fingerprint density at radius 1 is 1.41 bits per heavy atom. The van der Waals surface area contributed by atoms with Crippen LogP contribution in [0.15, 0.2) is 41.8 Å². The van der Waals surface area contributed by atoms with Crippen LogP contribution in [0.5, 0.6) is 0 Å². The second-order valence-corrected chi connectivity index (χ2v) is 5.09. The first-order valence-electron chi connectivity index (χ1n) is 4.63. The quantitative estimate of drug-likeness (QED) is 0.818. The number of amides is 2. The highest BCUT2D eigenvalue weighted by atomic mass is 35.5. The number of carbonyl (C=O) groups is 1. The Labute approximate surface area is 105 Å². The molecule has 17 heavy (non-hydrogen) atoms. The van der Waals surface area contributed by atoms with Crippen LogP contribution in [0.4, 0.5) is 4.79 Å². The van der Waals surface area contributed by atoms with Gasteiger partial charge in [-0.2, -0.15) is 0 Å². The molecular weight excluding hydrogens is 264 g/mol. The van der Waals surface area contributed by atoms with Crippen molar-refractivity contribution in [3.05, 3.63) is 41.9 Å². The molecule has 0 fully saturated rings. The summed E-state index contributed by atoms with van der Waals surface area (Å²) in [6.07, 6.45) is 1.43. The number of rotatable bonds is 4. The fourth-order valence-electron chi connectivity index (χ4n) is 1.04. The maximum Gasteiger partial charge on any atom is 0.328 e. The third kappa shape index (κ3) is 3.76. The van der Waals surface area contributed by atoms with Gasteiger partial charge in [-0.25, -0.2) is 17.9 Å². The van der Waals surface area contributed by atoms with Gasteiger partial charge in [0.15, 0.2) is 0 Å². The van der Waals surface area contributed by atoms with Gasteiger partial charge in [-0.3, -0.25) is 0 Å². The average molecular weight is 275 g/mol. The lowest BCUT2D eigenvalue weighted by molar-refractivity contribution is 0.247. The second kappa shape index (κ2) is 5.70. The molecule has 0 spiro atoms. The minimum absolute atomic E-state index is 0.0523. The zero-order chi connectivity index (χ0) is 12.9. The number of halogens is 1. The van der Waals surface area contributed by atoms with Gasteiger partial charge in [0.1, 0.15) is 4.90 Å². The summed E-state index contributed by atoms with van der Waals surface area (Å²) in [6, 6.07) is 5.02. The third-order valence-corrected chi connectivity index (χ3v) is 3.59. The number of hydrogen-bond donors (Lipinski definition) is 2. The molecule has 7 heteroatoms. The van der Waals surface area contributed by atoms with Crippen LogP contribution in [0.3, 0.4) is 0 Å². The first-order valence-corrected chi connectivity index (χ1v) is 6.49. The van der Waals surface area contributed by atoms with E-state index in [4.69, 9.17) is 11.6 Å². The molecule has 0 saturated heterocycles. The molecule has 1 rings (SSSR count). The monoisotopic (exact) mass is 274 g/mol. The van der Waals surface area contributed by atoms with Crippen molar-refractivity contribution in [2.45, 2.75) is 4.90 Å². The maximum absolute atomic E-state index is 11.7. The molecule has 2 amide bonds. The van der Waals surface area contributed by atoms with Crippen LogP contribution < -0.4 is 10.0 Å². The molecular formula is C10H11ClN2O3S. The van der Waals surface area contributed by atoms with Gasteiger partial charge in [0.05, 0.1) is 5.02 Å². The third-order valence-electron chi connectivity index (χ3n) is 1.76. The molecule has 0 aliphatic heterocycles. The maximum atomic E-state index is 11.7. The van der Waals surface area contributed by atoms with E-state index in [0.29, 0.717) is 0 Å². The van der Waals surface area contributed by atoms with Crippen molar-refractivity contribution in [2.24, 2.45) is 0 Å². The molecule has 0 saturated carbocycles. The number of hydrogen-bond acceptors (Lipinski definition) is 3. The van der Waals surface area contributed by atoms with Crippen LogP contribution in [-0.4, -0.2) is 21.0 Å². The number of nitrogens with one attached hydrogen (secondary N) is 2. The molecule has 0 aromatic heterocycles. The van der Waals surface area contributed by atoms with Gasteiger partial charge < -0.3 is 5.32 Å². The standard InChI is InChI=1S/C10H11ClN2O3S/c1-2-7-12-10(14)13-17(15,16)9-6-4-3-5-8(9)11/h2-6H,1,7H2,(H2,12,13,14). The Morgan fingerprint density at radius 2 is 2.06 bits per heavy atom. The summed E-state index contributed by atoms with van der Waals surface area (Å²) in [5.74, 6) is 0. The zero-order valence-electron chi connectivity index (χ0n) is 8.81. The van der Waals surface area contributed by atoms with Crippen molar-refractivity contribution in [1.29, 1.82) is 0 Å². The largest absolute Gasteiger partial charge is 0.334 e. The molecule has 2 N–H and O–H groups in total. The Bertz CT molecular complexity index is 528. The van der Waals surface area contributed by atoms with Gasteiger partial charge in [0.2, 0.25) is 0 Å². The summed E-state index contributed by atoms with van der Waals surface area (Å²) in [6.45, 7) is 3.56. The van der Waals surface area contributed by atoms with Crippen LogP contribution in [0.25, 0.3) is 0 Å². The highest BCUT2D eigenvalue weighted by Gasteiger charge is 2.19. The lowest BCUT2D eigenvalue weighted by atomic mass is 10.4. The Morgan fingerprint density at radius 3 is 2.65 bits per heavy atom. The molecule has 0 aliphatic rings. The van der Waals surface area contributed by atoms with Gasteiger partial charge in [-0.05, 0) is 12.1 Å². The fourth-order valence-corrected chi connectivity index (χ4v) is 2.49. The van der Waals surface area contributed by atoms with Crippen molar-refractivity contribution >= 4 is 27.7 Å². The predicted octanol–water partition coefficient (Wildman–Crippen LogP) is 1.51. The second-order valence-electron chi connectivity index (χ2n) is 3.03. The van der Waals surface area contributed by atoms with Gasteiger partial charge in [-0.15, -0.1) is 6.58 Å². The molecule has 0 unspecified atom stereocenters. The normalized spacial score (nSPS) is 10.6. The molecule has 0 aliphatic carbocycles. The Hall–Kier alpha value is -1.53. The first kappa shape index (κ1) is 13.5. The summed E-state index contributed by atoms with van der Waals surface area (Å²) in [5.41, 5.74) is 0.